The van der Waals surface area contributed by atoms with E-state index in [0.717, 1.165) is 11.1 Å². The number of nitrogens with zero attached hydrogens (tertiary/aromatic N) is 1. The van der Waals surface area contributed by atoms with Crippen molar-refractivity contribution in [3.05, 3.63) is 72.6 Å². The number of ether oxygens (including phenoxy) is 1. The van der Waals surface area contributed by atoms with Crippen molar-refractivity contribution < 1.29 is 19.4 Å². The van der Waals surface area contributed by atoms with Gasteiger partial charge in [0.15, 0.2) is 0 Å². The predicted molar refractivity (Wildman–Crippen MR) is 97.7 cm³/mol. The number of carboxylic acid groups (broad SMARTS) is 1. The Bertz CT molecular complexity index is 746. The molecule has 6 heteroatoms. The molecule has 0 saturated heterocycles. The molecule has 0 spiro atoms. The van der Waals surface area contributed by atoms with Crippen molar-refractivity contribution in [3.63, 3.8) is 0 Å². The van der Waals surface area contributed by atoms with Crippen LogP contribution >= 0.6 is 0 Å². The average molecular weight is 354 g/mol. The Kier molecular flexibility index (Phi) is 7.36. The number of carbonyl (C=O) groups is 2. The summed E-state index contributed by atoms with van der Waals surface area (Å²) in [6, 6.07) is 10.0. The van der Waals surface area contributed by atoms with Gasteiger partial charge in [-0.1, -0.05) is 24.3 Å². The number of hydrogen-bond acceptors (Lipinski definition) is 4. The van der Waals surface area contributed by atoms with E-state index in [0.29, 0.717) is 25.2 Å². The fraction of sp³-hybridized carbons (Fsp3) is 0.250. The molecular weight excluding hydrogens is 332 g/mol. The summed E-state index contributed by atoms with van der Waals surface area (Å²) in [6.07, 6.45) is 5.98. The van der Waals surface area contributed by atoms with Gasteiger partial charge in [0.2, 0.25) is 5.91 Å². The van der Waals surface area contributed by atoms with Gasteiger partial charge in [0.05, 0.1) is 6.42 Å². The van der Waals surface area contributed by atoms with Crippen LogP contribution in [0.25, 0.3) is 0 Å². The zero-order valence-corrected chi connectivity index (χ0v) is 14.4. The van der Waals surface area contributed by atoms with Crippen LogP contribution in [0.3, 0.4) is 0 Å². The van der Waals surface area contributed by atoms with E-state index in [1.54, 1.807) is 36.7 Å². The maximum absolute atomic E-state index is 12.1. The lowest BCUT2D eigenvalue weighted by Crippen LogP contribution is -2.41. The second kappa shape index (κ2) is 9.98. The molecule has 0 aliphatic carbocycles. The van der Waals surface area contributed by atoms with Crippen LogP contribution < -0.4 is 10.1 Å². The minimum absolute atomic E-state index is 0.0853. The summed E-state index contributed by atoms with van der Waals surface area (Å²) in [6.45, 7) is 3.95. The van der Waals surface area contributed by atoms with E-state index in [2.05, 4.69) is 16.9 Å². The van der Waals surface area contributed by atoms with Gasteiger partial charge in [0.1, 0.15) is 18.4 Å². The largest absolute Gasteiger partial charge is 0.489 e. The standard InChI is InChI=1S/C20H22N2O4/c1-2-3-9-18(20(24)25)22-19(23)12-15-6-4-8-17(11-15)26-14-16-7-5-10-21-13-16/h2,4-8,10-11,13,18H,1,3,9,12,14H2,(H,22,23)(H,24,25). The van der Waals surface area contributed by atoms with Gasteiger partial charge in [0.25, 0.3) is 0 Å². The first kappa shape index (κ1) is 19.2. The fourth-order valence-electron chi connectivity index (χ4n) is 2.37. The van der Waals surface area contributed by atoms with E-state index in [9.17, 15) is 9.59 Å². The third kappa shape index (κ3) is 6.39. The fourth-order valence-corrected chi connectivity index (χ4v) is 2.37. The van der Waals surface area contributed by atoms with Crippen LogP contribution in [0, 0.1) is 0 Å². The molecule has 0 bridgehead atoms. The lowest BCUT2D eigenvalue weighted by atomic mass is 10.1. The smallest absolute Gasteiger partial charge is 0.326 e. The topological polar surface area (TPSA) is 88.5 Å². The van der Waals surface area contributed by atoms with Gasteiger partial charge in [-0.05, 0) is 36.6 Å². The summed E-state index contributed by atoms with van der Waals surface area (Å²) in [5.74, 6) is -0.750. The minimum atomic E-state index is -1.05. The van der Waals surface area contributed by atoms with Crippen molar-refractivity contribution >= 4 is 11.9 Å². The second-order valence-electron chi connectivity index (χ2n) is 5.80. The zero-order valence-electron chi connectivity index (χ0n) is 14.4. The molecular formula is C20H22N2O4. The first-order valence-corrected chi connectivity index (χ1v) is 8.32. The molecule has 26 heavy (non-hydrogen) atoms. The Morgan fingerprint density at radius 2 is 2.08 bits per heavy atom. The van der Waals surface area contributed by atoms with Crippen LogP contribution in [-0.4, -0.2) is 28.0 Å². The van der Waals surface area contributed by atoms with Crippen LogP contribution in [-0.2, 0) is 22.6 Å². The number of amides is 1. The van der Waals surface area contributed by atoms with Gasteiger partial charge >= 0.3 is 5.97 Å². The predicted octanol–water partition coefficient (Wildman–Crippen LogP) is 2.74. The Balaban J connectivity index is 1.91. The molecule has 1 amide bonds. The Morgan fingerprint density at radius 3 is 2.77 bits per heavy atom. The van der Waals surface area contributed by atoms with E-state index < -0.39 is 12.0 Å². The molecule has 1 atom stereocenters. The lowest BCUT2D eigenvalue weighted by Gasteiger charge is -2.14. The quantitative estimate of drug-likeness (QED) is 0.641. The number of nitrogens with one attached hydrogen (secondary N) is 1. The normalized spacial score (nSPS) is 11.4. The molecule has 1 unspecified atom stereocenters. The first-order chi connectivity index (χ1) is 12.6. The number of allylic oxidation sites excluding steroid dienone is 1. The monoisotopic (exact) mass is 354 g/mol. The number of hydrogen-bond donors (Lipinski definition) is 2. The Morgan fingerprint density at radius 1 is 1.27 bits per heavy atom. The molecule has 0 saturated carbocycles. The highest BCUT2D eigenvalue weighted by Gasteiger charge is 2.19. The highest BCUT2D eigenvalue weighted by molar-refractivity contribution is 5.84. The van der Waals surface area contributed by atoms with Gasteiger partial charge in [0, 0.05) is 18.0 Å². The second-order valence-corrected chi connectivity index (χ2v) is 5.80. The molecule has 0 radical (unpaired) electrons. The SMILES string of the molecule is C=CCCC(NC(=O)Cc1cccc(OCc2cccnc2)c1)C(=O)O. The van der Waals surface area contributed by atoms with Crippen LogP contribution in [0.4, 0.5) is 0 Å². The third-order valence-corrected chi connectivity index (χ3v) is 3.68. The molecule has 0 aliphatic heterocycles. The van der Waals surface area contributed by atoms with E-state index in [4.69, 9.17) is 9.84 Å². The van der Waals surface area contributed by atoms with Gasteiger partial charge in [-0.3, -0.25) is 9.78 Å². The number of aromatic nitrogens is 1. The first-order valence-electron chi connectivity index (χ1n) is 8.32. The average Bonchev–Trinajstić information content (AvgIpc) is 2.64. The lowest BCUT2D eigenvalue weighted by molar-refractivity contribution is -0.141. The Labute approximate surface area is 152 Å². The van der Waals surface area contributed by atoms with Gasteiger partial charge in [-0.25, -0.2) is 4.79 Å². The molecule has 6 nitrogen and oxygen atoms in total. The van der Waals surface area contributed by atoms with Crippen molar-refractivity contribution in [1.82, 2.24) is 10.3 Å². The molecule has 1 heterocycles. The summed E-state index contributed by atoms with van der Waals surface area (Å²) in [7, 11) is 0. The molecule has 136 valence electrons. The highest BCUT2D eigenvalue weighted by atomic mass is 16.5. The van der Waals surface area contributed by atoms with Crippen LogP contribution in [0.15, 0.2) is 61.4 Å². The minimum Gasteiger partial charge on any atom is -0.489 e. The van der Waals surface area contributed by atoms with E-state index >= 15 is 0 Å². The summed E-state index contributed by atoms with van der Waals surface area (Å²) >= 11 is 0. The molecule has 2 N–H and O–H groups in total. The van der Waals surface area contributed by atoms with E-state index in [1.807, 2.05) is 18.2 Å². The highest BCUT2D eigenvalue weighted by Crippen LogP contribution is 2.15. The number of aliphatic carboxylic acids is 1. The van der Waals surface area contributed by atoms with Crippen molar-refractivity contribution in [2.45, 2.75) is 31.9 Å². The molecule has 2 rings (SSSR count). The molecule has 0 fully saturated rings. The summed E-state index contributed by atoms with van der Waals surface area (Å²) in [4.78, 5) is 27.4. The van der Waals surface area contributed by atoms with Gasteiger partial charge in [-0.2, -0.15) is 0 Å². The molecule has 0 aliphatic rings. The molecule has 2 aromatic rings. The number of pyridine rings is 1. The zero-order chi connectivity index (χ0) is 18.8. The van der Waals surface area contributed by atoms with Crippen molar-refractivity contribution in [2.24, 2.45) is 0 Å². The summed E-state index contributed by atoms with van der Waals surface area (Å²) < 4.78 is 5.71. The van der Waals surface area contributed by atoms with Gasteiger partial charge in [-0.15, -0.1) is 6.58 Å². The van der Waals surface area contributed by atoms with Crippen LogP contribution in [0.1, 0.15) is 24.0 Å². The number of carboxylic acids is 1. The van der Waals surface area contributed by atoms with E-state index in [1.165, 1.54) is 0 Å². The van der Waals surface area contributed by atoms with Crippen molar-refractivity contribution in [1.29, 1.82) is 0 Å². The van der Waals surface area contributed by atoms with Crippen LogP contribution in [0.2, 0.25) is 0 Å². The molecule has 1 aromatic heterocycles. The Hall–Kier alpha value is -3.15. The van der Waals surface area contributed by atoms with Crippen molar-refractivity contribution in [3.8, 4) is 5.75 Å². The maximum atomic E-state index is 12.1. The van der Waals surface area contributed by atoms with Crippen molar-refractivity contribution in [2.75, 3.05) is 0 Å². The number of benzene rings is 1. The third-order valence-electron chi connectivity index (χ3n) is 3.68. The van der Waals surface area contributed by atoms with E-state index in [-0.39, 0.29) is 12.3 Å². The number of carbonyl (C=O) groups excluding carboxylic acids is 1. The maximum Gasteiger partial charge on any atom is 0.326 e. The summed E-state index contributed by atoms with van der Waals surface area (Å²) in [5.41, 5.74) is 1.70. The number of rotatable bonds is 10. The summed E-state index contributed by atoms with van der Waals surface area (Å²) in [5, 5.41) is 11.7. The van der Waals surface area contributed by atoms with Crippen LogP contribution in [0.5, 0.6) is 5.75 Å². The molecule has 1 aromatic carbocycles. The van der Waals surface area contributed by atoms with Gasteiger partial charge < -0.3 is 15.2 Å².